The third-order valence-corrected chi connectivity index (χ3v) is 5.88. The number of amides is 1. The van der Waals surface area contributed by atoms with Crippen molar-refractivity contribution in [2.45, 2.75) is 12.8 Å². The van der Waals surface area contributed by atoms with Gasteiger partial charge in [0.1, 0.15) is 5.75 Å². The van der Waals surface area contributed by atoms with Crippen molar-refractivity contribution in [2.75, 3.05) is 11.4 Å². The first-order valence-corrected chi connectivity index (χ1v) is 10.4. The van der Waals surface area contributed by atoms with Crippen LogP contribution >= 0.6 is 23.2 Å². The van der Waals surface area contributed by atoms with E-state index < -0.39 is 11.9 Å². The highest BCUT2D eigenvalue weighted by Crippen LogP contribution is 2.36. The van der Waals surface area contributed by atoms with Gasteiger partial charge in [-0.1, -0.05) is 71.7 Å². The summed E-state index contributed by atoms with van der Waals surface area (Å²) in [6.07, 6.45) is 0.884. The zero-order valence-corrected chi connectivity index (χ0v) is 17.6. The predicted octanol–water partition coefficient (Wildman–Crippen LogP) is 5.54. The first kappa shape index (κ1) is 20.5. The monoisotopic (exact) mass is 439 g/mol. The number of hydrogen-bond donors (Lipinski definition) is 0. The Kier molecular flexibility index (Phi) is 6.07. The average molecular weight is 440 g/mol. The molecule has 30 heavy (non-hydrogen) atoms. The molecular weight excluding hydrogens is 421 g/mol. The van der Waals surface area contributed by atoms with Crippen LogP contribution in [0.25, 0.3) is 0 Å². The zero-order chi connectivity index (χ0) is 21.1. The van der Waals surface area contributed by atoms with Crippen molar-refractivity contribution in [3.05, 3.63) is 94.0 Å². The lowest BCUT2D eigenvalue weighted by atomic mass is 10.1. The summed E-state index contributed by atoms with van der Waals surface area (Å²) in [7, 11) is 0. The Labute approximate surface area is 185 Å². The number of nitrogens with zero attached hydrogens (tertiary/aromatic N) is 1. The van der Waals surface area contributed by atoms with Crippen molar-refractivity contribution < 1.29 is 14.3 Å². The quantitative estimate of drug-likeness (QED) is 0.387. The molecule has 1 aliphatic heterocycles. The Morgan fingerprint density at radius 2 is 1.63 bits per heavy atom. The van der Waals surface area contributed by atoms with Crippen LogP contribution < -0.4 is 9.64 Å². The molecule has 0 aliphatic carbocycles. The highest BCUT2D eigenvalue weighted by Gasteiger charge is 2.37. The third kappa shape index (κ3) is 4.50. The van der Waals surface area contributed by atoms with Crippen LogP contribution in [0.2, 0.25) is 10.0 Å². The summed E-state index contributed by atoms with van der Waals surface area (Å²) in [5.74, 6) is -0.709. The Balaban J connectivity index is 1.39. The van der Waals surface area contributed by atoms with E-state index in [1.165, 1.54) is 10.5 Å². The molecule has 6 heteroatoms. The molecule has 152 valence electrons. The molecule has 1 fully saturated rings. The maximum Gasteiger partial charge on any atom is 0.316 e. The topological polar surface area (TPSA) is 46.6 Å². The van der Waals surface area contributed by atoms with E-state index in [-0.39, 0.29) is 18.9 Å². The minimum atomic E-state index is -0.559. The number of rotatable bonds is 5. The molecule has 1 atom stereocenters. The molecule has 0 radical (unpaired) electrons. The van der Waals surface area contributed by atoms with Gasteiger partial charge in [0.2, 0.25) is 5.91 Å². The molecule has 1 amide bonds. The molecule has 0 unspecified atom stereocenters. The molecular formula is C24H19Cl2NO3. The first-order chi connectivity index (χ1) is 14.5. The van der Waals surface area contributed by atoms with E-state index in [0.717, 1.165) is 12.0 Å². The molecule has 4 rings (SSSR count). The number of benzene rings is 3. The van der Waals surface area contributed by atoms with E-state index in [1.54, 1.807) is 30.3 Å². The van der Waals surface area contributed by atoms with Crippen LogP contribution in [0.3, 0.4) is 0 Å². The fraction of sp³-hybridized carbons (Fsp3) is 0.167. The summed E-state index contributed by atoms with van der Waals surface area (Å²) < 4.78 is 5.51. The smallest absolute Gasteiger partial charge is 0.316 e. The van der Waals surface area contributed by atoms with Crippen LogP contribution in [0.4, 0.5) is 5.69 Å². The number of halogens is 2. The van der Waals surface area contributed by atoms with Gasteiger partial charge >= 0.3 is 5.97 Å². The lowest BCUT2D eigenvalue weighted by Gasteiger charge is -2.18. The summed E-state index contributed by atoms with van der Waals surface area (Å²) in [6, 6.07) is 22.7. The molecule has 0 N–H and O–H groups in total. The molecule has 0 bridgehead atoms. The second-order valence-corrected chi connectivity index (χ2v) is 7.99. The van der Waals surface area contributed by atoms with Crippen LogP contribution in [0.15, 0.2) is 72.8 Å². The van der Waals surface area contributed by atoms with Gasteiger partial charge < -0.3 is 9.64 Å². The summed E-state index contributed by atoms with van der Waals surface area (Å²) in [6.45, 7) is 0.212. The maximum absolute atomic E-state index is 12.6. The Hall–Kier alpha value is -2.82. The van der Waals surface area contributed by atoms with Gasteiger partial charge in [-0.15, -0.1) is 0 Å². The SMILES string of the molecule is O=C(Oc1ccc(Cc2ccccc2)cc1)[C@@H]1CC(=O)N(c2cccc(Cl)c2Cl)C1. The van der Waals surface area contributed by atoms with Crippen LogP contribution in [-0.4, -0.2) is 18.4 Å². The predicted molar refractivity (Wildman–Crippen MR) is 118 cm³/mol. The van der Waals surface area contributed by atoms with E-state index in [1.807, 2.05) is 30.3 Å². The fourth-order valence-electron chi connectivity index (χ4n) is 3.51. The van der Waals surface area contributed by atoms with Crippen LogP contribution in [0.5, 0.6) is 5.75 Å². The summed E-state index contributed by atoms with van der Waals surface area (Å²) in [5, 5.41) is 0.666. The minimum absolute atomic E-state index is 0.0771. The van der Waals surface area contributed by atoms with Crippen LogP contribution in [0, 0.1) is 5.92 Å². The molecule has 0 spiro atoms. The molecule has 1 aliphatic rings. The van der Waals surface area contributed by atoms with Crippen molar-refractivity contribution in [1.29, 1.82) is 0 Å². The minimum Gasteiger partial charge on any atom is -0.426 e. The number of esters is 1. The molecule has 3 aromatic rings. The van der Waals surface area contributed by atoms with Gasteiger partial charge in [0, 0.05) is 13.0 Å². The van der Waals surface area contributed by atoms with Gasteiger partial charge in [-0.3, -0.25) is 9.59 Å². The Morgan fingerprint density at radius 3 is 2.37 bits per heavy atom. The molecule has 1 heterocycles. The van der Waals surface area contributed by atoms with Crippen molar-refractivity contribution in [1.82, 2.24) is 0 Å². The Morgan fingerprint density at radius 1 is 0.933 bits per heavy atom. The number of carbonyl (C=O) groups excluding carboxylic acids is 2. The van der Waals surface area contributed by atoms with Gasteiger partial charge in [-0.05, 0) is 41.8 Å². The van der Waals surface area contributed by atoms with Gasteiger partial charge in [0.25, 0.3) is 0 Å². The first-order valence-electron chi connectivity index (χ1n) is 9.60. The zero-order valence-electron chi connectivity index (χ0n) is 16.1. The lowest BCUT2D eigenvalue weighted by molar-refractivity contribution is -0.139. The Bertz CT molecular complexity index is 1070. The number of ether oxygens (including phenoxy) is 1. The molecule has 0 saturated carbocycles. The van der Waals surface area contributed by atoms with Gasteiger partial charge in [0.05, 0.1) is 21.7 Å². The van der Waals surface area contributed by atoms with Crippen LogP contribution in [-0.2, 0) is 16.0 Å². The largest absolute Gasteiger partial charge is 0.426 e. The van der Waals surface area contributed by atoms with E-state index in [0.29, 0.717) is 21.5 Å². The lowest BCUT2D eigenvalue weighted by Crippen LogP contribution is -2.27. The summed E-state index contributed by atoms with van der Waals surface area (Å²) in [4.78, 5) is 26.5. The second-order valence-electron chi connectivity index (χ2n) is 7.21. The van der Waals surface area contributed by atoms with E-state index >= 15 is 0 Å². The summed E-state index contributed by atoms with van der Waals surface area (Å²) >= 11 is 12.3. The maximum atomic E-state index is 12.6. The third-order valence-electron chi connectivity index (χ3n) is 5.07. The molecule has 1 saturated heterocycles. The number of anilines is 1. The van der Waals surface area contributed by atoms with Gasteiger partial charge in [-0.25, -0.2) is 0 Å². The molecule has 3 aromatic carbocycles. The fourth-order valence-corrected chi connectivity index (χ4v) is 3.90. The van der Waals surface area contributed by atoms with Crippen molar-refractivity contribution in [3.63, 3.8) is 0 Å². The van der Waals surface area contributed by atoms with Crippen molar-refractivity contribution >= 4 is 40.8 Å². The standard InChI is InChI=1S/C24H19Cl2NO3/c25-20-7-4-8-21(23(20)26)27-15-18(14-22(27)28)24(29)30-19-11-9-17(10-12-19)13-16-5-2-1-3-6-16/h1-12,18H,13-15H2/t18-/m1/s1. The van der Waals surface area contributed by atoms with Crippen molar-refractivity contribution in [3.8, 4) is 5.75 Å². The normalized spacial score (nSPS) is 16.0. The van der Waals surface area contributed by atoms with E-state index in [2.05, 4.69) is 12.1 Å². The number of hydrogen-bond acceptors (Lipinski definition) is 3. The average Bonchev–Trinajstić information content (AvgIpc) is 3.14. The second kappa shape index (κ2) is 8.90. The van der Waals surface area contributed by atoms with E-state index in [9.17, 15) is 9.59 Å². The number of carbonyl (C=O) groups is 2. The van der Waals surface area contributed by atoms with Gasteiger partial charge in [0.15, 0.2) is 0 Å². The highest BCUT2D eigenvalue weighted by molar-refractivity contribution is 6.44. The van der Waals surface area contributed by atoms with E-state index in [4.69, 9.17) is 27.9 Å². The molecule has 0 aromatic heterocycles. The van der Waals surface area contributed by atoms with Crippen molar-refractivity contribution in [2.24, 2.45) is 5.92 Å². The summed E-state index contributed by atoms with van der Waals surface area (Å²) in [5.41, 5.74) is 2.85. The highest BCUT2D eigenvalue weighted by atomic mass is 35.5. The van der Waals surface area contributed by atoms with Gasteiger partial charge in [-0.2, -0.15) is 0 Å². The van der Waals surface area contributed by atoms with Crippen LogP contribution in [0.1, 0.15) is 17.5 Å². The molecule has 4 nitrogen and oxygen atoms in total.